The Kier molecular flexibility index (Phi) is 4.19. The van der Waals surface area contributed by atoms with Gasteiger partial charge in [-0.25, -0.2) is 0 Å². The lowest BCUT2D eigenvalue weighted by Crippen LogP contribution is -2.03. The second-order valence-corrected chi connectivity index (χ2v) is 2.65. The molecule has 2 heteroatoms. The van der Waals surface area contributed by atoms with E-state index in [1.54, 1.807) is 19.1 Å². The van der Waals surface area contributed by atoms with Crippen LogP contribution in [0, 0.1) is 0 Å². The van der Waals surface area contributed by atoms with E-state index in [-0.39, 0.29) is 11.6 Å². The van der Waals surface area contributed by atoms with E-state index >= 15 is 0 Å². The van der Waals surface area contributed by atoms with Crippen LogP contribution in [-0.4, -0.2) is 11.6 Å². The summed E-state index contributed by atoms with van der Waals surface area (Å²) in [4.78, 5) is 21.9. The zero-order valence-corrected chi connectivity index (χ0v) is 7.97. The van der Waals surface area contributed by atoms with Gasteiger partial charge in [0.1, 0.15) is 0 Å². The van der Waals surface area contributed by atoms with E-state index in [4.69, 9.17) is 0 Å². The highest BCUT2D eigenvalue weighted by atomic mass is 16.1. The van der Waals surface area contributed by atoms with E-state index in [9.17, 15) is 9.59 Å². The minimum absolute atomic E-state index is 0.0571. The molecule has 0 aromatic heterocycles. The van der Waals surface area contributed by atoms with Gasteiger partial charge in [0, 0.05) is 11.1 Å². The SMILES string of the molecule is C/C=C\C(C(C)=O)=C(/C)C(C)=O. The Hall–Kier alpha value is -1.18. The zero-order valence-electron chi connectivity index (χ0n) is 7.97. The summed E-state index contributed by atoms with van der Waals surface area (Å²) >= 11 is 0. The lowest BCUT2D eigenvalue weighted by molar-refractivity contribution is -0.116. The van der Waals surface area contributed by atoms with Crippen molar-refractivity contribution in [3.8, 4) is 0 Å². The molecule has 0 amide bonds. The molecule has 0 aliphatic heterocycles. The topological polar surface area (TPSA) is 34.1 Å². The fourth-order valence-corrected chi connectivity index (χ4v) is 0.863. The minimum atomic E-state index is -0.0687. The zero-order chi connectivity index (χ0) is 9.72. The molecule has 0 radical (unpaired) electrons. The summed E-state index contributed by atoms with van der Waals surface area (Å²) in [5.74, 6) is -0.126. The minimum Gasteiger partial charge on any atom is -0.295 e. The van der Waals surface area contributed by atoms with E-state index in [1.165, 1.54) is 13.8 Å². The Bertz CT molecular complexity index is 257. The van der Waals surface area contributed by atoms with Crippen molar-refractivity contribution >= 4 is 11.6 Å². The molecule has 0 saturated carbocycles. The summed E-state index contributed by atoms with van der Waals surface area (Å²) in [7, 11) is 0. The number of hydrogen-bond acceptors (Lipinski definition) is 2. The average Bonchev–Trinajstić information content (AvgIpc) is 1.98. The lowest BCUT2D eigenvalue weighted by Gasteiger charge is -2.00. The predicted octanol–water partition coefficient (Wildman–Crippen LogP) is 2.06. The number of hydrogen-bond donors (Lipinski definition) is 0. The summed E-state index contributed by atoms with van der Waals surface area (Å²) < 4.78 is 0. The van der Waals surface area contributed by atoms with Gasteiger partial charge in [0.05, 0.1) is 0 Å². The van der Waals surface area contributed by atoms with Crippen LogP contribution in [-0.2, 0) is 9.59 Å². The van der Waals surface area contributed by atoms with E-state index in [0.717, 1.165) is 0 Å². The molecule has 0 spiro atoms. The second kappa shape index (κ2) is 4.65. The van der Waals surface area contributed by atoms with Crippen LogP contribution in [0.5, 0.6) is 0 Å². The Labute approximate surface area is 73.0 Å². The molecule has 0 aliphatic carbocycles. The molecule has 0 heterocycles. The Morgan fingerprint density at radius 3 is 1.75 bits per heavy atom. The smallest absolute Gasteiger partial charge is 0.160 e. The van der Waals surface area contributed by atoms with Crippen molar-refractivity contribution in [3.05, 3.63) is 23.3 Å². The van der Waals surface area contributed by atoms with Crippen LogP contribution in [0.4, 0.5) is 0 Å². The molecule has 0 aromatic carbocycles. The number of carbonyl (C=O) groups is 2. The Balaban J connectivity index is 5.07. The molecule has 0 atom stereocenters. The molecule has 0 rings (SSSR count). The van der Waals surface area contributed by atoms with Gasteiger partial charge in [-0.2, -0.15) is 0 Å². The van der Waals surface area contributed by atoms with Gasteiger partial charge in [-0.1, -0.05) is 12.2 Å². The van der Waals surface area contributed by atoms with Gasteiger partial charge in [-0.15, -0.1) is 0 Å². The van der Waals surface area contributed by atoms with Crippen LogP contribution >= 0.6 is 0 Å². The van der Waals surface area contributed by atoms with E-state index in [0.29, 0.717) is 11.1 Å². The highest BCUT2D eigenvalue weighted by Gasteiger charge is 2.07. The summed E-state index contributed by atoms with van der Waals surface area (Å²) in [6.45, 7) is 6.40. The van der Waals surface area contributed by atoms with Crippen LogP contribution in [0.15, 0.2) is 23.3 Å². The number of rotatable bonds is 3. The van der Waals surface area contributed by atoms with Crippen LogP contribution < -0.4 is 0 Å². The molecule has 0 aliphatic rings. The van der Waals surface area contributed by atoms with Gasteiger partial charge in [0.15, 0.2) is 11.6 Å². The van der Waals surface area contributed by atoms with Crippen LogP contribution in [0.2, 0.25) is 0 Å². The summed E-state index contributed by atoms with van der Waals surface area (Å²) in [6, 6.07) is 0. The fourth-order valence-electron chi connectivity index (χ4n) is 0.863. The first-order valence-electron chi connectivity index (χ1n) is 3.86. The van der Waals surface area contributed by atoms with Gasteiger partial charge in [-0.05, 0) is 27.7 Å². The molecule has 0 aromatic rings. The molecule has 12 heavy (non-hydrogen) atoms. The lowest BCUT2D eigenvalue weighted by atomic mass is 10.0. The van der Waals surface area contributed by atoms with Gasteiger partial charge < -0.3 is 0 Å². The van der Waals surface area contributed by atoms with Crippen molar-refractivity contribution in [2.75, 3.05) is 0 Å². The molecule has 2 nitrogen and oxygen atoms in total. The largest absolute Gasteiger partial charge is 0.295 e. The Morgan fingerprint density at radius 2 is 1.50 bits per heavy atom. The Morgan fingerprint density at radius 1 is 1.00 bits per heavy atom. The predicted molar refractivity (Wildman–Crippen MR) is 48.9 cm³/mol. The highest BCUT2D eigenvalue weighted by Crippen LogP contribution is 2.08. The normalized spacial score (nSPS) is 13.0. The van der Waals surface area contributed by atoms with Crippen molar-refractivity contribution in [2.24, 2.45) is 0 Å². The number of carbonyl (C=O) groups excluding carboxylic acids is 2. The van der Waals surface area contributed by atoms with E-state index in [2.05, 4.69) is 0 Å². The monoisotopic (exact) mass is 166 g/mol. The molecule has 0 bridgehead atoms. The number of Topliss-reactive ketones (excluding diaryl/α,β-unsaturated/α-hetero) is 2. The number of ketones is 2. The average molecular weight is 166 g/mol. The summed E-state index contributed by atoms with van der Waals surface area (Å²) in [5, 5.41) is 0. The van der Waals surface area contributed by atoms with E-state index in [1.807, 2.05) is 6.92 Å². The highest BCUT2D eigenvalue weighted by molar-refractivity contribution is 6.06. The third-order valence-electron chi connectivity index (χ3n) is 1.64. The summed E-state index contributed by atoms with van der Waals surface area (Å²) in [5.41, 5.74) is 1.03. The molecular formula is C10H14O2. The van der Waals surface area contributed by atoms with Gasteiger partial charge in [0.2, 0.25) is 0 Å². The number of allylic oxidation sites excluding steroid dienone is 4. The van der Waals surface area contributed by atoms with Crippen molar-refractivity contribution in [1.82, 2.24) is 0 Å². The van der Waals surface area contributed by atoms with Gasteiger partial charge >= 0.3 is 0 Å². The third kappa shape index (κ3) is 2.82. The van der Waals surface area contributed by atoms with Gasteiger partial charge in [0.25, 0.3) is 0 Å². The third-order valence-corrected chi connectivity index (χ3v) is 1.64. The van der Waals surface area contributed by atoms with E-state index < -0.39 is 0 Å². The standard InChI is InChI=1S/C10H14O2/c1-5-6-10(9(4)12)7(2)8(3)11/h5-6H,1-4H3/b6-5-,10-7-. The van der Waals surface area contributed by atoms with Crippen LogP contribution in [0.1, 0.15) is 27.7 Å². The molecule has 0 saturated heterocycles. The van der Waals surface area contributed by atoms with Crippen molar-refractivity contribution in [1.29, 1.82) is 0 Å². The van der Waals surface area contributed by atoms with Crippen LogP contribution in [0.3, 0.4) is 0 Å². The maximum absolute atomic E-state index is 11.0. The molecular weight excluding hydrogens is 152 g/mol. The molecule has 0 unspecified atom stereocenters. The van der Waals surface area contributed by atoms with Crippen molar-refractivity contribution in [3.63, 3.8) is 0 Å². The first-order valence-corrected chi connectivity index (χ1v) is 3.86. The maximum atomic E-state index is 11.0. The van der Waals surface area contributed by atoms with Crippen LogP contribution in [0.25, 0.3) is 0 Å². The van der Waals surface area contributed by atoms with Gasteiger partial charge in [-0.3, -0.25) is 9.59 Å². The maximum Gasteiger partial charge on any atom is 0.160 e. The first-order chi connectivity index (χ1) is 5.50. The fraction of sp³-hybridized carbons (Fsp3) is 0.400. The molecule has 0 N–H and O–H groups in total. The molecule has 66 valence electrons. The van der Waals surface area contributed by atoms with Crippen molar-refractivity contribution < 1.29 is 9.59 Å². The second-order valence-electron chi connectivity index (χ2n) is 2.65. The first kappa shape index (κ1) is 10.8. The summed E-state index contributed by atoms with van der Waals surface area (Å²) in [6.07, 6.45) is 3.42. The van der Waals surface area contributed by atoms with Crippen molar-refractivity contribution in [2.45, 2.75) is 27.7 Å². The quantitative estimate of drug-likeness (QED) is 0.475. The molecule has 0 fully saturated rings.